The number of nitrogen functional groups attached to an aromatic ring is 1. The summed E-state index contributed by atoms with van der Waals surface area (Å²) < 4.78 is 6.01. The zero-order valence-corrected chi connectivity index (χ0v) is 18.0. The lowest BCUT2D eigenvalue weighted by molar-refractivity contribution is 0.0987. The second kappa shape index (κ2) is 10.7. The van der Waals surface area contributed by atoms with E-state index in [4.69, 9.17) is 10.5 Å². The molecule has 0 aliphatic carbocycles. The van der Waals surface area contributed by atoms with Gasteiger partial charge in [0, 0.05) is 50.9 Å². The van der Waals surface area contributed by atoms with Gasteiger partial charge in [-0.05, 0) is 43.4 Å². The molecule has 1 unspecified atom stereocenters. The Bertz CT molecular complexity index is 919. The summed E-state index contributed by atoms with van der Waals surface area (Å²) in [5, 5.41) is 0. The van der Waals surface area contributed by atoms with E-state index >= 15 is 0 Å². The van der Waals surface area contributed by atoms with E-state index in [1.807, 2.05) is 24.3 Å². The lowest BCUT2D eigenvalue weighted by Gasteiger charge is -2.35. The molecule has 3 rings (SSSR count). The Kier molecular flexibility index (Phi) is 7.78. The topological polar surface area (TPSA) is 91.5 Å². The maximum atomic E-state index is 12.9. The van der Waals surface area contributed by atoms with Gasteiger partial charge in [0.25, 0.3) is 5.91 Å². The van der Waals surface area contributed by atoms with E-state index in [2.05, 4.69) is 21.8 Å². The maximum absolute atomic E-state index is 12.9. The third-order valence-corrected chi connectivity index (χ3v) is 5.48. The van der Waals surface area contributed by atoms with Crippen molar-refractivity contribution in [2.75, 3.05) is 57.5 Å². The van der Waals surface area contributed by atoms with Crippen LogP contribution in [0.5, 0.6) is 5.75 Å². The van der Waals surface area contributed by atoms with Crippen LogP contribution in [-0.2, 0) is 4.79 Å². The minimum absolute atomic E-state index is 0.156. The van der Waals surface area contributed by atoms with Crippen LogP contribution < -0.4 is 15.4 Å². The van der Waals surface area contributed by atoms with Crippen molar-refractivity contribution < 1.29 is 14.3 Å². The number of anilines is 2. The molecule has 2 N–H and O–H groups in total. The van der Waals surface area contributed by atoms with Crippen molar-refractivity contribution >= 4 is 23.4 Å². The van der Waals surface area contributed by atoms with Gasteiger partial charge in [-0.3, -0.25) is 9.69 Å². The molecule has 0 bridgehead atoms. The summed E-state index contributed by atoms with van der Waals surface area (Å²) in [7, 11) is 3.79. The number of carbonyl (C=O) groups excluding carboxylic acids is 2. The SMILES string of the molecule is CN1CCN(C(CCOc2ccccc2N(C)C(=O)c2ccc(N)cc2)N=C=O)CC1. The first kappa shape index (κ1) is 22.5. The summed E-state index contributed by atoms with van der Waals surface area (Å²) in [6, 6.07) is 14.2. The molecule has 1 saturated heterocycles. The number of isocyanates is 1. The average Bonchev–Trinajstić information content (AvgIpc) is 2.79. The van der Waals surface area contributed by atoms with E-state index in [0.29, 0.717) is 35.7 Å². The molecular formula is C23H29N5O3. The summed E-state index contributed by atoms with van der Waals surface area (Å²) in [5.74, 6) is 0.443. The second-order valence-corrected chi connectivity index (χ2v) is 7.63. The lowest BCUT2D eigenvalue weighted by Crippen LogP contribution is -2.48. The number of amides is 1. The van der Waals surface area contributed by atoms with Crippen LogP contribution in [0.3, 0.4) is 0 Å². The number of para-hydroxylation sites is 2. The summed E-state index contributed by atoms with van der Waals surface area (Å²) in [6.07, 6.45) is 2.00. The first-order valence-electron chi connectivity index (χ1n) is 10.3. The number of nitrogens with zero attached hydrogens (tertiary/aromatic N) is 4. The fraction of sp³-hybridized carbons (Fsp3) is 0.391. The molecule has 0 saturated carbocycles. The molecule has 164 valence electrons. The van der Waals surface area contributed by atoms with Crippen molar-refractivity contribution in [2.45, 2.75) is 12.6 Å². The quantitative estimate of drug-likeness (QED) is 0.398. The van der Waals surface area contributed by atoms with E-state index in [9.17, 15) is 9.59 Å². The largest absolute Gasteiger partial charge is 0.491 e. The summed E-state index contributed by atoms with van der Waals surface area (Å²) in [6.45, 7) is 3.94. The minimum Gasteiger partial charge on any atom is -0.491 e. The number of ether oxygens (including phenoxy) is 1. The molecule has 0 aromatic heterocycles. The molecular weight excluding hydrogens is 394 g/mol. The highest BCUT2D eigenvalue weighted by molar-refractivity contribution is 6.06. The van der Waals surface area contributed by atoms with Crippen LogP contribution in [0.4, 0.5) is 11.4 Å². The zero-order valence-electron chi connectivity index (χ0n) is 18.0. The number of rotatable bonds is 8. The molecule has 1 atom stereocenters. The Labute approximate surface area is 182 Å². The van der Waals surface area contributed by atoms with Gasteiger partial charge in [-0.1, -0.05) is 12.1 Å². The standard InChI is InChI=1S/C23H29N5O3/c1-26-12-14-28(15-13-26)22(25-17-29)11-16-31-21-6-4-3-5-20(21)27(2)23(30)18-7-9-19(24)10-8-18/h3-10,22H,11-16,24H2,1-2H3. The van der Waals surface area contributed by atoms with E-state index in [1.165, 1.54) is 0 Å². The van der Waals surface area contributed by atoms with Crippen LogP contribution in [0.15, 0.2) is 53.5 Å². The van der Waals surface area contributed by atoms with Crippen molar-refractivity contribution in [1.82, 2.24) is 9.80 Å². The molecule has 1 aliphatic heterocycles. The van der Waals surface area contributed by atoms with Crippen molar-refractivity contribution in [2.24, 2.45) is 4.99 Å². The van der Waals surface area contributed by atoms with Crippen LogP contribution in [0.25, 0.3) is 0 Å². The molecule has 1 heterocycles. The number of benzene rings is 2. The number of carbonyl (C=O) groups is 1. The van der Waals surface area contributed by atoms with Crippen LogP contribution in [-0.4, -0.2) is 74.8 Å². The fourth-order valence-corrected chi connectivity index (χ4v) is 3.57. The lowest BCUT2D eigenvalue weighted by atomic mass is 10.1. The van der Waals surface area contributed by atoms with Gasteiger partial charge in [0.05, 0.1) is 12.3 Å². The Morgan fingerprint density at radius 3 is 2.52 bits per heavy atom. The van der Waals surface area contributed by atoms with Gasteiger partial charge >= 0.3 is 0 Å². The Morgan fingerprint density at radius 1 is 1.16 bits per heavy atom. The molecule has 0 radical (unpaired) electrons. The molecule has 1 amide bonds. The molecule has 8 nitrogen and oxygen atoms in total. The first-order chi connectivity index (χ1) is 15.0. The predicted molar refractivity (Wildman–Crippen MR) is 121 cm³/mol. The second-order valence-electron chi connectivity index (χ2n) is 7.63. The number of aliphatic imine (C=N–C) groups is 1. The predicted octanol–water partition coefficient (Wildman–Crippen LogP) is 2.22. The summed E-state index contributed by atoms with van der Waals surface area (Å²) >= 11 is 0. The van der Waals surface area contributed by atoms with Gasteiger partial charge in [0.2, 0.25) is 6.08 Å². The van der Waals surface area contributed by atoms with Gasteiger partial charge in [-0.2, -0.15) is 4.99 Å². The normalized spacial score (nSPS) is 15.7. The van der Waals surface area contributed by atoms with Gasteiger partial charge in [-0.15, -0.1) is 0 Å². The number of likely N-dealkylation sites (N-methyl/N-ethyl adjacent to an activating group) is 1. The highest BCUT2D eigenvalue weighted by Crippen LogP contribution is 2.28. The van der Waals surface area contributed by atoms with Crippen LogP contribution in [0, 0.1) is 0 Å². The van der Waals surface area contributed by atoms with Crippen LogP contribution in [0.1, 0.15) is 16.8 Å². The minimum atomic E-state index is -0.257. The highest BCUT2D eigenvalue weighted by Gasteiger charge is 2.22. The van der Waals surface area contributed by atoms with Gasteiger partial charge in [0.15, 0.2) is 0 Å². The fourth-order valence-electron chi connectivity index (χ4n) is 3.57. The highest BCUT2D eigenvalue weighted by atomic mass is 16.5. The third kappa shape index (κ3) is 5.92. The van der Waals surface area contributed by atoms with Crippen LogP contribution >= 0.6 is 0 Å². The Morgan fingerprint density at radius 2 is 1.84 bits per heavy atom. The number of hydrogen-bond donors (Lipinski definition) is 1. The molecule has 0 spiro atoms. The first-order valence-corrected chi connectivity index (χ1v) is 10.3. The van der Waals surface area contributed by atoms with Gasteiger partial charge in [0.1, 0.15) is 11.9 Å². The average molecular weight is 424 g/mol. The Balaban J connectivity index is 1.65. The molecule has 31 heavy (non-hydrogen) atoms. The zero-order chi connectivity index (χ0) is 22.2. The van der Waals surface area contributed by atoms with E-state index < -0.39 is 0 Å². The van der Waals surface area contributed by atoms with E-state index in [1.54, 1.807) is 42.3 Å². The van der Waals surface area contributed by atoms with E-state index in [0.717, 1.165) is 26.2 Å². The summed E-state index contributed by atoms with van der Waals surface area (Å²) in [5.41, 5.74) is 7.53. The molecule has 1 aliphatic rings. The third-order valence-electron chi connectivity index (χ3n) is 5.48. The van der Waals surface area contributed by atoms with Crippen molar-refractivity contribution in [3.8, 4) is 5.75 Å². The van der Waals surface area contributed by atoms with E-state index in [-0.39, 0.29) is 12.1 Å². The molecule has 2 aromatic rings. The smallest absolute Gasteiger partial charge is 0.258 e. The van der Waals surface area contributed by atoms with Gasteiger partial charge < -0.3 is 20.3 Å². The van der Waals surface area contributed by atoms with Gasteiger partial charge in [-0.25, -0.2) is 4.79 Å². The van der Waals surface area contributed by atoms with Crippen molar-refractivity contribution in [1.29, 1.82) is 0 Å². The van der Waals surface area contributed by atoms with Crippen molar-refractivity contribution in [3.05, 3.63) is 54.1 Å². The monoisotopic (exact) mass is 423 g/mol. The summed E-state index contributed by atoms with van der Waals surface area (Å²) in [4.78, 5) is 33.7. The molecule has 1 fully saturated rings. The molecule has 2 aromatic carbocycles. The number of piperazine rings is 1. The molecule has 8 heteroatoms. The Hall–Kier alpha value is -3.19. The number of hydrogen-bond acceptors (Lipinski definition) is 7. The maximum Gasteiger partial charge on any atom is 0.258 e. The van der Waals surface area contributed by atoms with Crippen molar-refractivity contribution in [3.63, 3.8) is 0 Å². The number of nitrogens with two attached hydrogens (primary N) is 1. The van der Waals surface area contributed by atoms with Crippen LogP contribution in [0.2, 0.25) is 0 Å².